The molecule has 0 radical (unpaired) electrons. The van der Waals surface area contributed by atoms with Crippen LogP contribution in [0.2, 0.25) is 10.0 Å². The summed E-state index contributed by atoms with van der Waals surface area (Å²) >= 11 is 13.7. The minimum Gasteiger partial charge on any atom is -0.310 e. The predicted molar refractivity (Wildman–Crippen MR) is 96.0 cm³/mol. The number of hydrogen-bond donors (Lipinski definition) is 2. The van der Waals surface area contributed by atoms with E-state index >= 15 is 0 Å². The zero-order valence-electron chi connectivity index (χ0n) is 12.2. The Morgan fingerprint density at radius 3 is 2.67 bits per heavy atom. The molecule has 1 amide bonds. The predicted octanol–water partition coefficient (Wildman–Crippen LogP) is 3.28. The number of H-pyrrole nitrogens is 1. The highest BCUT2D eigenvalue weighted by Crippen LogP contribution is 2.40. The molecule has 0 aliphatic carbocycles. The van der Waals surface area contributed by atoms with Crippen LogP contribution in [0.4, 0.5) is 5.82 Å². The van der Waals surface area contributed by atoms with E-state index in [0.717, 1.165) is 0 Å². The lowest BCUT2D eigenvalue weighted by Gasteiger charge is -2.25. The van der Waals surface area contributed by atoms with Crippen molar-refractivity contribution in [3.8, 4) is 12.3 Å². The number of aromatic amines is 1. The maximum atomic E-state index is 12.6. The molecular formula is C16H11Cl2N3O2S. The lowest BCUT2D eigenvalue weighted by Crippen LogP contribution is -2.31. The Morgan fingerprint density at radius 1 is 1.29 bits per heavy atom. The number of carbonyl (C=O) groups excluding carboxylic acids is 1. The molecule has 5 nitrogen and oxygen atoms in total. The molecule has 0 fully saturated rings. The van der Waals surface area contributed by atoms with Crippen molar-refractivity contribution in [2.45, 2.75) is 17.5 Å². The van der Waals surface area contributed by atoms with Gasteiger partial charge in [-0.2, -0.15) is 0 Å². The van der Waals surface area contributed by atoms with E-state index in [9.17, 15) is 9.59 Å². The molecule has 24 heavy (non-hydrogen) atoms. The van der Waals surface area contributed by atoms with Crippen LogP contribution in [0.3, 0.4) is 0 Å². The fraction of sp³-hybridized carbons (Fsp3) is 0.188. The Bertz CT molecular complexity index is 900. The van der Waals surface area contributed by atoms with Crippen molar-refractivity contribution in [1.82, 2.24) is 9.97 Å². The molecule has 0 saturated carbocycles. The quantitative estimate of drug-likeness (QED) is 0.487. The average molecular weight is 380 g/mol. The molecule has 122 valence electrons. The topological polar surface area (TPSA) is 74.8 Å². The van der Waals surface area contributed by atoms with E-state index in [0.29, 0.717) is 32.1 Å². The van der Waals surface area contributed by atoms with E-state index in [1.807, 2.05) is 0 Å². The second-order valence-corrected chi connectivity index (χ2v) is 6.84. The lowest BCUT2D eigenvalue weighted by molar-refractivity contribution is -0.116. The SMILES string of the molecule is C#CCSc1nc2c(c(=O)[nH]1)C(c1c(Cl)cccc1Cl)CC(=O)N2. The van der Waals surface area contributed by atoms with Crippen LogP contribution in [-0.2, 0) is 4.79 Å². The molecule has 0 spiro atoms. The van der Waals surface area contributed by atoms with Gasteiger partial charge in [0.15, 0.2) is 5.16 Å². The van der Waals surface area contributed by atoms with Gasteiger partial charge in [0, 0.05) is 22.4 Å². The van der Waals surface area contributed by atoms with Gasteiger partial charge < -0.3 is 10.3 Å². The molecule has 8 heteroatoms. The third-order valence-electron chi connectivity index (χ3n) is 3.57. The first-order valence-corrected chi connectivity index (χ1v) is 8.69. The lowest BCUT2D eigenvalue weighted by atomic mass is 9.87. The number of nitrogens with zero attached hydrogens (tertiary/aromatic N) is 1. The van der Waals surface area contributed by atoms with Gasteiger partial charge >= 0.3 is 0 Å². The highest BCUT2D eigenvalue weighted by atomic mass is 35.5. The van der Waals surface area contributed by atoms with Crippen molar-refractivity contribution in [1.29, 1.82) is 0 Å². The van der Waals surface area contributed by atoms with E-state index < -0.39 is 5.92 Å². The van der Waals surface area contributed by atoms with Gasteiger partial charge in [-0.3, -0.25) is 9.59 Å². The third-order valence-corrected chi connectivity index (χ3v) is 5.01. The van der Waals surface area contributed by atoms with Gasteiger partial charge in [0.2, 0.25) is 5.91 Å². The summed E-state index contributed by atoms with van der Waals surface area (Å²) in [5.74, 6) is 2.21. The van der Waals surface area contributed by atoms with Crippen molar-refractivity contribution in [2.75, 3.05) is 11.1 Å². The normalized spacial score (nSPS) is 16.2. The minimum atomic E-state index is -0.558. The van der Waals surface area contributed by atoms with Gasteiger partial charge in [-0.1, -0.05) is 47.0 Å². The first kappa shape index (κ1) is 16.9. The maximum absolute atomic E-state index is 12.6. The number of rotatable bonds is 3. The standard InChI is InChI=1S/C16H11Cl2N3O2S/c1-2-6-24-16-20-14-13(15(23)21-16)8(7-11(22)19-14)12-9(17)4-3-5-10(12)18/h1,3-5,8H,6-7H2,(H2,19,20,21,22,23). The molecular weight excluding hydrogens is 369 g/mol. The number of aromatic nitrogens is 2. The van der Waals surface area contributed by atoms with Crippen LogP contribution in [0.15, 0.2) is 28.2 Å². The Hall–Kier alpha value is -1.94. The van der Waals surface area contributed by atoms with E-state index in [1.165, 1.54) is 11.8 Å². The third kappa shape index (κ3) is 3.16. The van der Waals surface area contributed by atoms with Gasteiger partial charge in [0.05, 0.1) is 11.3 Å². The van der Waals surface area contributed by atoms with E-state index in [4.69, 9.17) is 29.6 Å². The molecule has 2 heterocycles. The van der Waals surface area contributed by atoms with Crippen LogP contribution in [0.5, 0.6) is 0 Å². The van der Waals surface area contributed by atoms with Gasteiger partial charge in [0.25, 0.3) is 5.56 Å². The number of thioether (sulfide) groups is 1. The molecule has 1 atom stereocenters. The van der Waals surface area contributed by atoms with Crippen LogP contribution in [0.1, 0.15) is 23.5 Å². The van der Waals surface area contributed by atoms with Gasteiger partial charge in [-0.15, -0.1) is 6.42 Å². The summed E-state index contributed by atoms with van der Waals surface area (Å²) in [5.41, 5.74) is 0.545. The number of fused-ring (bicyclic) bond motifs is 1. The summed E-state index contributed by atoms with van der Waals surface area (Å²) in [6.07, 6.45) is 5.28. The van der Waals surface area contributed by atoms with Crippen molar-refractivity contribution in [2.24, 2.45) is 0 Å². The molecule has 0 bridgehead atoms. The zero-order chi connectivity index (χ0) is 17.3. The monoisotopic (exact) mass is 379 g/mol. The van der Waals surface area contributed by atoms with E-state index in [2.05, 4.69) is 21.2 Å². The number of carbonyl (C=O) groups is 1. The van der Waals surface area contributed by atoms with Crippen molar-refractivity contribution in [3.63, 3.8) is 0 Å². The Kier molecular flexibility index (Phi) is 4.86. The molecule has 1 aromatic heterocycles. The van der Waals surface area contributed by atoms with Crippen molar-refractivity contribution < 1.29 is 4.79 Å². The fourth-order valence-electron chi connectivity index (χ4n) is 2.62. The largest absolute Gasteiger partial charge is 0.310 e. The van der Waals surface area contributed by atoms with E-state index in [-0.39, 0.29) is 23.7 Å². The molecule has 3 rings (SSSR count). The molecule has 2 aromatic rings. The minimum absolute atomic E-state index is 0.0675. The van der Waals surface area contributed by atoms with Crippen molar-refractivity contribution in [3.05, 3.63) is 49.7 Å². The van der Waals surface area contributed by atoms with E-state index in [1.54, 1.807) is 18.2 Å². The van der Waals surface area contributed by atoms with Gasteiger partial charge in [-0.05, 0) is 17.7 Å². The number of anilines is 1. The highest BCUT2D eigenvalue weighted by Gasteiger charge is 2.33. The smallest absolute Gasteiger partial charge is 0.257 e. The Labute approximate surface area is 152 Å². The number of amides is 1. The zero-order valence-corrected chi connectivity index (χ0v) is 14.6. The molecule has 0 saturated heterocycles. The number of hydrogen-bond acceptors (Lipinski definition) is 4. The number of terminal acetylenes is 1. The molecule has 1 aliphatic rings. The summed E-state index contributed by atoms with van der Waals surface area (Å²) in [7, 11) is 0. The number of halogens is 2. The van der Waals surface area contributed by atoms with Crippen LogP contribution in [0.25, 0.3) is 0 Å². The first-order valence-electron chi connectivity index (χ1n) is 6.95. The molecule has 1 aliphatic heterocycles. The summed E-state index contributed by atoms with van der Waals surface area (Å²) in [4.78, 5) is 31.6. The van der Waals surface area contributed by atoms with Crippen LogP contribution < -0.4 is 10.9 Å². The summed E-state index contributed by atoms with van der Waals surface area (Å²) in [6.45, 7) is 0. The van der Waals surface area contributed by atoms with Gasteiger partial charge in [-0.25, -0.2) is 4.98 Å². The summed E-state index contributed by atoms with van der Waals surface area (Å²) in [6, 6.07) is 5.06. The van der Waals surface area contributed by atoms with Crippen LogP contribution in [0, 0.1) is 12.3 Å². The Morgan fingerprint density at radius 2 is 2.00 bits per heavy atom. The number of nitrogens with one attached hydrogen (secondary N) is 2. The van der Waals surface area contributed by atoms with Gasteiger partial charge in [0.1, 0.15) is 5.82 Å². The Balaban J connectivity index is 2.15. The fourth-order valence-corrected chi connectivity index (χ4v) is 3.82. The second kappa shape index (κ2) is 6.89. The molecule has 2 N–H and O–H groups in total. The van der Waals surface area contributed by atoms with Crippen LogP contribution in [-0.4, -0.2) is 21.6 Å². The number of benzene rings is 1. The highest BCUT2D eigenvalue weighted by molar-refractivity contribution is 7.99. The maximum Gasteiger partial charge on any atom is 0.257 e. The summed E-state index contributed by atoms with van der Waals surface area (Å²) < 4.78 is 0. The molecule has 1 aromatic carbocycles. The van der Waals surface area contributed by atoms with Crippen LogP contribution >= 0.6 is 35.0 Å². The summed E-state index contributed by atoms with van der Waals surface area (Å²) in [5, 5.41) is 3.79. The average Bonchev–Trinajstić information content (AvgIpc) is 2.52. The second-order valence-electron chi connectivity index (χ2n) is 5.07. The van der Waals surface area contributed by atoms with Crippen molar-refractivity contribution >= 4 is 46.7 Å². The molecule has 1 unspecified atom stereocenters. The first-order chi connectivity index (χ1) is 11.5.